The maximum atomic E-state index is 12.4. The third-order valence-electron chi connectivity index (χ3n) is 4.56. The van der Waals surface area contributed by atoms with E-state index in [1.165, 1.54) is 16.7 Å². The number of pyridine rings is 1. The number of hydrogen-bond donors (Lipinski definition) is 2. The molecule has 1 amide bonds. The van der Waals surface area contributed by atoms with Gasteiger partial charge in [0.05, 0.1) is 0 Å². The molecule has 6 nitrogen and oxygen atoms in total. The van der Waals surface area contributed by atoms with Crippen LogP contribution in [-0.2, 0) is 17.6 Å². The van der Waals surface area contributed by atoms with Crippen molar-refractivity contribution >= 4 is 11.9 Å². The Morgan fingerprint density at radius 3 is 2.52 bits per heavy atom. The Bertz CT molecular complexity index is 784. The molecule has 0 aliphatic carbocycles. The van der Waals surface area contributed by atoms with Crippen molar-refractivity contribution in [1.29, 1.82) is 0 Å². The molecule has 0 saturated heterocycles. The summed E-state index contributed by atoms with van der Waals surface area (Å²) >= 11 is 0. The zero-order valence-corrected chi connectivity index (χ0v) is 18.0. The molecule has 1 aromatic heterocycles. The van der Waals surface area contributed by atoms with E-state index in [9.17, 15) is 4.79 Å². The van der Waals surface area contributed by atoms with Crippen LogP contribution >= 0.6 is 0 Å². The van der Waals surface area contributed by atoms with Crippen LogP contribution in [0.3, 0.4) is 0 Å². The van der Waals surface area contributed by atoms with Gasteiger partial charge in [-0.25, -0.2) is 4.99 Å². The van der Waals surface area contributed by atoms with Crippen molar-refractivity contribution in [1.82, 2.24) is 20.5 Å². The van der Waals surface area contributed by atoms with Gasteiger partial charge in [-0.15, -0.1) is 0 Å². The number of likely N-dealkylation sites (N-methyl/N-ethyl adjacent to an activating group) is 1. The number of nitrogens with one attached hydrogen (secondary N) is 2. The van der Waals surface area contributed by atoms with E-state index in [0.717, 1.165) is 31.6 Å². The SMILES string of the molecule is CCNC(=NCC(=O)N(C)CCc1ccccn1)NCCc1cc(C)cc(C)c1. The first kappa shape index (κ1) is 22.4. The number of aliphatic imine (C=N–C) groups is 1. The van der Waals surface area contributed by atoms with E-state index in [4.69, 9.17) is 0 Å². The van der Waals surface area contributed by atoms with E-state index in [0.29, 0.717) is 12.5 Å². The molecular weight excluding hydrogens is 362 g/mol. The predicted octanol–water partition coefficient (Wildman–Crippen LogP) is 2.50. The van der Waals surface area contributed by atoms with Gasteiger partial charge in [0.2, 0.25) is 5.91 Å². The molecule has 156 valence electrons. The predicted molar refractivity (Wildman–Crippen MR) is 119 cm³/mol. The first-order valence-corrected chi connectivity index (χ1v) is 10.2. The minimum atomic E-state index is -0.00700. The number of rotatable bonds is 9. The quantitative estimate of drug-likeness (QED) is 0.506. The minimum Gasteiger partial charge on any atom is -0.357 e. The van der Waals surface area contributed by atoms with Gasteiger partial charge in [-0.1, -0.05) is 35.4 Å². The molecular formula is C23H33N5O. The second-order valence-corrected chi connectivity index (χ2v) is 7.25. The van der Waals surface area contributed by atoms with E-state index in [2.05, 4.69) is 52.7 Å². The second kappa shape index (κ2) is 11.8. The summed E-state index contributed by atoms with van der Waals surface area (Å²) in [5, 5.41) is 6.52. The van der Waals surface area contributed by atoms with Crippen molar-refractivity contribution in [2.75, 3.05) is 33.2 Å². The third-order valence-corrected chi connectivity index (χ3v) is 4.56. The number of carbonyl (C=O) groups excluding carboxylic acids is 1. The highest BCUT2D eigenvalue weighted by molar-refractivity contribution is 5.84. The lowest BCUT2D eigenvalue weighted by Gasteiger charge is -2.17. The Labute approximate surface area is 174 Å². The summed E-state index contributed by atoms with van der Waals surface area (Å²) in [5.41, 5.74) is 4.84. The Morgan fingerprint density at radius 1 is 1.10 bits per heavy atom. The maximum Gasteiger partial charge on any atom is 0.244 e. The van der Waals surface area contributed by atoms with Crippen LogP contribution in [-0.4, -0.2) is 55.0 Å². The highest BCUT2D eigenvalue weighted by Gasteiger charge is 2.09. The average Bonchev–Trinajstić information content (AvgIpc) is 2.70. The number of aryl methyl sites for hydroxylation is 2. The van der Waals surface area contributed by atoms with Crippen LogP contribution in [0.25, 0.3) is 0 Å². The largest absolute Gasteiger partial charge is 0.357 e. The highest BCUT2D eigenvalue weighted by atomic mass is 16.2. The highest BCUT2D eigenvalue weighted by Crippen LogP contribution is 2.09. The summed E-state index contributed by atoms with van der Waals surface area (Å²) in [6, 6.07) is 12.4. The van der Waals surface area contributed by atoms with Gasteiger partial charge < -0.3 is 15.5 Å². The van der Waals surface area contributed by atoms with Crippen molar-refractivity contribution < 1.29 is 4.79 Å². The van der Waals surface area contributed by atoms with Crippen molar-refractivity contribution in [2.45, 2.75) is 33.6 Å². The summed E-state index contributed by atoms with van der Waals surface area (Å²) in [6.45, 7) is 8.51. The van der Waals surface area contributed by atoms with E-state index in [-0.39, 0.29) is 12.5 Å². The van der Waals surface area contributed by atoms with Crippen LogP contribution in [0.5, 0.6) is 0 Å². The fraction of sp³-hybridized carbons (Fsp3) is 0.435. The molecule has 0 fully saturated rings. The van der Waals surface area contributed by atoms with Crippen molar-refractivity contribution in [3.8, 4) is 0 Å². The lowest BCUT2D eigenvalue weighted by Crippen LogP contribution is -2.39. The van der Waals surface area contributed by atoms with E-state index < -0.39 is 0 Å². The average molecular weight is 396 g/mol. The summed E-state index contributed by atoms with van der Waals surface area (Å²) < 4.78 is 0. The fourth-order valence-electron chi connectivity index (χ4n) is 3.10. The number of hydrogen-bond acceptors (Lipinski definition) is 3. The fourth-order valence-corrected chi connectivity index (χ4v) is 3.10. The molecule has 0 saturated carbocycles. The Kier molecular flexibility index (Phi) is 9.15. The van der Waals surface area contributed by atoms with Crippen molar-refractivity contribution in [2.24, 2.45) is 4.99 Å². The summed E-state index contributed by atoms with van der Waals surface area (Å²) in [5.74, 6) is 0.663. The van der Waals surface area contributed by atoms with Gasteiger partial charge >= 0.3 is 0 Å². The van der Waals surface area contributed by atoms with Gasteiger partial charge in [0.15, 0.2) is 5.96 Å². The molecule has 0 aliphatic rings. The van der Waals surface area contributed by atoms with Crippen LogP contribution in [0.2, 0.25) is 0 Å². The molecule has 0 spiro atoms. The molecule has 0 unspecified atom stereocenters. The lowest BCUT2D eigenvalue weighted by molar-refractivity contribution is -0.128. The molecule has 2 N–H and O–H groups in total. The summed E-state index contributed by atoms with van der Waals surface area (Å²) in [7, 11) is 1.81. The van der Waals surface area contributed by atoms with Crippen LogP contribution in [0.4, 0.5) is 0 Å². The van der Waals surface area contributed by atoms with E-state index in [1.54, 1.807) is 18.1 Å². The van der Waals surface area contributed by atoms with Gasteiger partial charge in [0, 0.05) is 45.0 Å². The molecule has 0 aliphatic heterocycles. The first-order valence-electron chi connectivity index (χ1n) is 10.2. The van der Waals surface area contributed by atoms with Gasteiger partial charge in [-0.2, -0.15) is 0 Å². The number of aromatic nitrogens is 1. The zero-order chi connectivity index (χ0) is 21.1. The molecule has 1 aromatic carbocycles. The topological polar surface area (TPSA) is 69.6 Å². The molecule has 1 heterocycles. The summed E-state index contributed by atoms with van der Waals surface area (Å²) in [6.07, 6.45) is 3.42. The first-order chi connectivity index (χ1) is 14.0. The smallest absolute Gasteiger partial charge is 0.244 e. The molecule has 2 rings (SSSR count). The Hall–Kier alpha value is -2.89. The Morgan fingerprint density at radius 2 is 1.86 bits per heavy atom. The minimum absolute atomic E-state index is 0.00700. The lowest BCUT2D eigenvalue weighted by atomic mass is 10.1. The number of nitrogens with zero attached hydrogens (tertiary/aromatic N) is 3. The zero-order valence-electron chi connectivity index (χ0n) is 18.0. The molecule has 0 bridgehead atoms. The molecule has 0 radical (unpaired) electrons. The van der Waals surface area contributed by atoms with Crippen molar-refractivity contribution in [3.63, 3.8) is 0 Å². The van der Waals surface area contributed by atoms with Gasteiger partial charge in [0.1, 0.15) is 6.54 Å². The monoisotopic (exact) mass is 395 g/mol. The van der Waals surface area contributed by atoms with E-state index >= 15 is 0 Å². The van der Waals surface area contributed by atoms with Crippen molar-refractivity contribution in [3.05, 3.63) is 65.0 Å². The standard InChI is InChI=1S/C23H33N5O/c1-5-24-23(26-12-9-20-15-18(2)14-19(3)16-20)27-17-22(29)28(4)13-10-21-8-6-7-11-25-21/h6-8,11,14-16H,5,9-10,12-13,17H2,1-4H3,(H2,24,26,27). The van der Waals surface area contributed by atoms with E-state index in [1.807, 2.05) is 25.1 Å². The van der Waals surface area contributed by atoms with Crippen LogP contribution in [0, 0.1) is 13.8 Å². The number of benzene rings is 1. The number of guanidine groups is 1. The number of amides is 1. The van der Waals surface area contributed by atoms with Gasteiger partial charge in [0.25, 0.3) is 0 Å². The molecule has 29 heavy (non-hydrogen) atoms. The second-order valence-electron chi connectivity index (χ2n) is 7.25. The normalized spacial score (nSPS) is 11.2. The Balaban J connectivity index is 1.81. The van der Waals surface area contributed by atoms with Crippen LogP contribution < -0.4 is 10.6 Å². The maximum absolute atomic E-state index is 12.4. The third kappa shape index (κ3) is 8.34. The molecule has 0 atom stereocenters. The molecule has 2 aromatic rings. The van der Waals surface area contributed by atoms with Crippen LogP contribution in [0.15, 0.2) is 47.6 Å². The number of carbonyl (C=O) groups is 1. The molecule has 6 heteroatoms. The summed E-state index contributed by atoms with van der Waals surface area (Å²) in [4.78, 5) is 22.8. The van der Waals surface area contributed by atoms with Gasteiger partial charge in [-0.05, 0) is 44.9 Å². The van der Waals surface area contributed by atoms with Gasteiger partial charge in [-0.3, -0.25) is 9.78 Å². The van der Waals surface area contributed by atoms with Crippen LogP contribution in [0.1, 0.15) is 29.3 Å².